The highest BCUT2D eigenvalue weighted by atomic mass is 32.2. The summed E-state index contributed by atoms with van der Waals surface area (Å²) in [5, 5.41) is 0. The zero-order valence-corrected chi connectivity index (χ0v) is 24.6. The summed E-state index contributed by atoms with van der Waals surface area (Å²) in [6.07, 6.45) is 5.46. The van der Waals surface area contributed by atoms with Gasteiger partial charge in [-0.3, -0.25) is 0 Å². The average molecular weight is 585 g/mol. The Labute approximate surface area is 255 Å². The number of ether oxygens (including phenoxy) is 2. The highest BCUT2D eigenvalue weighted by Gasteiger charge is 2.08. The van der Waals surface area contributed by atoms with Crippen molar-refractivity contribution in [1.29, 1.82) is 0 Å². The van der Waals surface area contributed by atoms with E-state index in [1.54, 1.807) is 24.3 Å². The van der Waals surface area contributed by atoms with Crippen molar-refractivity contribution in [2.24, 2.45) is 0 Å². The summed E-state index contributed by atoms with van der Waals surface area (Å²) >= 11 is 1.72. The topological polar surface area (TPSA) is 61.8 Å². The van der Waals surface area contributed by atoms with Crippen LogP contribution in [-0.2, 0) is 9.53 Å². The molecule has 6 heteroatoms. The summed E-state index contributed by atoms with van der Waals surface area (Å²) in [5.41, 5.74) is 6.04. The van der Waals surface area contributed by atoms with Gasteiger partial charge in [0.2, 0.25) is 0 Å². The van der Waals surface area contributed by atoms with Crippen molar-refractivity contribution in [1.82, 2.24) is 0 Å². The van der Waals surface area contributed by atoms with E-state index in [4.69, 9.17) is 13.6 Å². The van der Waals surface area contributed by atoms with Crippen LogP contribution in [0.4, 0.5) is 0 Å². The number of hydrogen-bond donors (Lipinski definition) is 0. The van der Waals surface area contributed by atoms with E-state index in [0.29, 0.717) is 17.3 Å². The van der Waals surface area contributed by atoms with Crippen LogP contribution in [0.1, 0.15) is 39.3 Å². The van der Waals surface area contributed by atoms with Gasteiger partial charge in [-0.1, -0.05) is 42.2 Å². The van der Waals surface area contributed by atoms with Gasteiger partial charge >= 0.3 is 5.97 Å². The number of carbonyl (C=O) groups is 1. The van der Waals surface area contributed by atoms with E-state index in [1.165, 1.54) is 7.11 Å². The van der Waals surface area contributed by atoms with Crippen LogP contribution in [-0.4, -0.2) is 25.4 Å². The monoisotopic (exact) mass is 584 g/mol. The zero-order chi connectivity index (χ0) is 29.9. The standard InChI is InChI=1S/C37H28O5S/c1-27-25-34(19-20-36(27)42-26-37(38)39-2)43-24-21-35(30-13-7-28(8-14-30)11-17-32-5-3-22-40-32)31-15-9-29(10-16-31)12-18-33-6-4-23-41-33/h3-10,13-16,19-23,25H,24,26H2,1-2H3. The van der Waals surface area contributed by atoms with Crippen LogP contribution in [0, 0.1) is 30.6 Å². The van der Waals surface area contributed by atoms with Gasteiger partial charge in [-0.25, -0.2) is 4.79 Å². The summed E-state index contributed by atoms with van der Waals surface area (Å²) < 4.78 is 20.9. The Morgan fingerprint density at radius 2 is 1.37 bits per heavy atom. The second-order valence-electron chi connectivity index (χ2n) is 9.33. The number of methoxy groups -OCH3 is 1. The SMILES string of the molecule is COC(=O)COc1ccc(SCC=C(c2ccc(C#Cc3ccco3)cc2)c2ccc(C#Cc3ccco3)cc2)cc1C. The van der Waals surface area contributed by atoms with E-state index in [2.05, 4.69) is 64.8 Å². The predicted molar refractivity (Wildman–Crippen MR) is 169 cm³/mol. The van der Waals surface area contributed by atoms with E-state index in [9.17, 15) is 4.79 Å². The normalized spacial score (nSPS) is 10.1. The van der Waals surface area contributed by atoms with Crippen LogP contribution < -0.4 is 4.74 Å². The van der Waals surface area contributed by atoms with E-state index >= 15 is 0 Å². The van der Waals surface area contributed by atoms with Crippen molar-refractivity contribution in [2.45, 2.75) is 11.8 Å². The molecule has 0 saturated carbocycles. The molecule has 0 aliphatic carbocycles. The molecule has 212 valence electrons. The lowest BCUT2D eigenvalue weighted by atomic mass is 9.96. The largest absolute Gasteiger partial charge is 0.482 e. The molecule has 0 N–H and O–H groups in total. The summed E-state index contributed by atoms with van der Waals surface area (Å²) in [6, 6.07) is 29.7. The minimum absolute atomic E-state index is 0.115. The lowest BCUT2D eigenvalue weighted by Gasteiger charge is -2.11. The minimum Gasteiger partial charge on any atom is -0.482 e. The number of rotatable bonds is 8. The molecule has 0 spiro atoms. The zero-order valence-electron chi connectivity index (χ0n) is 23.8. The van der Waals surface area contributed by atoms with Crippen LogP contribution in [0.5, 0.6) is 5.75 Å². The molecule has 0 amide bonds. The van der Waals surface area contributed by atoms with Crippen LogP contribution in [0.15, 0.2) is 123 Å². The molecule has 3 aromatic carbocycles. The predicted octanol–water partition coefficient (Wildman–Crippen LogP) is 7.76. The Morgan fingerprint density at radius 3 is 1.86 bits per heavy atom. The second-order valence-corrected chi connectivity index (χ2v) is 10.4. The van der Waals surface area contributed by atoms with Gasteiger partial charge in [-0.15, -0.1) is 11.8 Å². The molecule has 0 aliphatic rings. The first-order chi connectivity index (χ1) is 21.1. The van der Waals surface area contributed by atoms with E-state index in [0.717, 1.165) is 44.0 Å². The van der Waals surface area contributed by atoms with Gasteiger partial charge in [0.1, 0.15) is 5.75 Å². The fourth-order valence-electron chi connectivity index (χ4n) is 4.13. The van der Waals surface area contributed by atoms with Gasteiger partial charge < -0.3 is 18.3 Å². The highest BCUT2D eigenvalue weighted by molar-refractivity contribution is 7.99. The number of esters is 1. The summed E-state index contributed by atoms with van der Waals surface area (Å²) in [4.78, 5) is 12.5. The molecule has 2 aromatic heterocycles. The molecule has 43 heavy (non-hydrogen) atoms. The minimum atomic E-state index is -0.411. The number of hydrogen-bond acceptors (Lipinski definition) is 6. The third-order valence-corrected chi connectivity index (χ3v) is 7.27. The first kappa shape index (κ1) is 29.2. The Balaban J connectivity index is 1.35. The van der Waals surface area contributed by atoms with Crippen molar-refractivity contribution in [3.8, 4) is 29.4 Å². The molecule has 2 heterocycles. The number of thioether (sulfide) groups is 1. The number of benzene rings is 3. The van der Waals surface area contributed by atoms with E-state index in [1.807, 2.05) is 67.6 Å². The molecular formula is C37H28O5S. The van der Waals surface area contributed by atoms with Crippen LogP contribution in [0.3, 0.4) is 0 Å². The average Bonchev–Trinajstić information content (AvgIpc) is 3.76. The summed E-state index contributed by atoms with van der Waals surface area (Å²) in [5.74, 6) is 14.7. The fourth-order valence-corrected chi connectivity index (χ4v) is 4.99. The lowest BCUT2D eigenvalue weighted by Crippen LogP contribution is -2.12. The van der Waals surface area contributed by atoms with Crippen molar-refractivity contribution >= 4 is 23.3 Å². The van der Waals surface area contributed by atoms with Crippen molar-refractivity contribution in [2.75, 3.05) is 19.5 Å². The Morgan fingerprint density at radius 1 is 0.791 bits per heavy atom. The number of carbonyl (C=O) groups excluding carboxylic acids is 1. The highest BCUT2D eigenvalue weighted by Crippen LogP contribution is 2.29. The van der Waals surface area contributed by atoms with Gasteiger partial charge in [0, 0.05) is 21.8 Å². The molecule has 0 aliphatic heterocycles. The summed E-state index contributed by atoms with van der Waals surface area (Å²) in [6.45, 7) is 1.85. The smallest absolute Gasteiger partial charge is 0.343 e. The Bertz CT molecular complexity index is 1710. The van der Waals surface area contributed by atoms with Gasteiger partial charge in [0.15, 0.2) is 18.1 Å². The molecule has 0 fully saturated rings. The maximum Gasteiger partial charge on any atom is 0.343 e. The van der Waals surface area contributed by atoms with E-state index < -0.39 is 5.97 Å². The lowest BCUT2D eigenvalue weighted by molar-refractivity contribution is -0.142. The van der Waals surface area contributed by atoms with Gasteiger partial charge in [0.25, 0.3) is 0 Å². The third kappa shape index (κ3) is 8.36. The van der Waals surface area contributed by atoms with Crippen molar-refractivity contribution in [3.05, 3.63) is 149 Å². The number of furan rings is 2. The molecule has 0 radical (unpaired) electrons. The molecule has 0 bridgehead atoms. The third-order valence-electron chi connectivity index (χ3n) is 6.35. The Hall–Kier alpha value is -5.30. The maximum absolute atomic E-state index is 11.4. The number of aryl methyl sites for hydroxylation is 1. The molecule has 5 aromatic rings. The Kier molecular flexibility index (Phi) is 9.88. The second kappa shape index (κ2) is 14.5. The van der Waals surface area contributed by atoms with Crippen LogP contribution >= 0.6 is 11.8 Å². The maximum atomic E-state index is 11.4. The molecule has 5 rings (SSSR count). The first-order valence-corrected chi connectivity index (χ1v) is 14.5. The van der Waals surface area contributed by atoms with Gasteiger partial charge in [-0.2, -0.15) is 0 Å². The molecule has 5 nitrogen and oxygen atoms in total. The molecule has 0 atom stereocenters. The van der Waals surface area contributed by atoms with Crippen LogP contribution in [0.2, 0.25) is 0 Å². The fraction of sp³-hybridized carbons (Fsp3) is 0.108. The quantitative estimate of drug-likeness (QED) is 0.106. The molecular weight excluding hydrogens is 556 g/mol. The van der Waals surface area contributed by atoms with Crippen molar-refractivity contribution in [3.63, 3.8) is 0 Å². The van der Waals surface area contributed by atoms with E-state index in [-0.39, 0.29) is 6.61 Å². The molecule has 0 saturated heterocycles. The van der Waals surface area contributed by atoms with Gasteiger partial charge in [0.05, 0.1) is 19.6 Å². The van der Waals surface area contributed by atoms with Gasteiger partial charge in [-0.05, 0) is 108 Å². The van der Waals surface area contributed by atoms with Crippen LogP contribution in [0.25, 0.3) is 5.57 Å². The summed E-state index contributed by atoms with van der Waals surface area (Å²) in [7, 11) is 1.34. The van der Waals surface area contributed by atoms with Crippen molar-refractivity contribution < 1.29 is 23.1 Å². The first-order valence-electron chi connectivity index (χ1n) is 13.5. The molecule has 0 unspecified atom stereocenters.